The van der Waals surface area contributed by atoms with E-state index in [-0.39, 0.29) is 0 Å². The standard InChI is InChI=1S/C6H4/c1-2-6-3-5(1)4-6/h5-6H,3H2/t5-,6+. The smallest absolute Gasteiger partial charge is 0.0296 e. The maximum Gasteiger partial charge on any atom is 0.0296 e. The molecule has 28 valence electrons. The Labute approximate surface area is 37.6 Å². The zero-order chi connectivity index (χ0) is 3.98. The third kappa shape index (κ3) is 0.148. The fourth-order valence-corrected chi connectivity index (χ4v) is 0.857. The molecule has 3 rings (SSSR count). The van der Waals surface area contributed by atoms with Crippen molar-refractivity contribution < 1.29 is 0 Å². The van der Waals surface area contributed by atoms with E-state index in [9.17, 15) is 0 Å². The molecule has 1 fully saturated rings. The van der Waals surface area contributed by atoms with Crippen LogP contribution in [0.4, 0.5) is 0 Å². The van der Waals surface area contributed by atoms with Gasteiger partial charge < -0.3 is 0 Å². The zero-order valence-corrected chi connectivity index (χ0v) is 3.36. The Morgan fingerprint density at radius 2 is 1.67 bits per heavy atom. The minimum absolute atomic E-state index is 0.579. The fourth-order valence-electron chi connectivity index (χ4n) is 0.857. The van der Waals surface area contributed by atoms with E-state index in [0.717, 1.165) is 0 Å². The summed E-state index contributed by atoms with van der Waals surface area (Å²) in [6.45, 7) is 0. The Morgan fingerprint density at radius 3 is 1.83 bits per heavy atom. The Bertz CT molecular complexity index is 107. The molecule has 6 heavy (non-hydrogen) atoms. The summed E-state index contributed by atoms with van der Waals surface area (Å²) in [6, 6.07) is 0. The molecule has 0 heterocycles. The summed E-state index contributed by atoms with van der Waals surface area (Å²) >= 11 is 0. The second kappa shape index (κ2) is 0.632. The lowest BCUT2D eigenvalue weighted by Crippen LogP contribution is -2.14. The van der Waals surface area contributed by atoms with Crippen LogP contribution in [-0.2, 0) is 0 Å². The van der Waals surface area contributed by atoms with Gasteiger partial charge in [-0.05, 0) is 6.42 Å². The molecule has 0 aromatic rings. The van der Waals surface area contributed by atoms with Crippen LogP contribution < -0.4 is 0 Å². The van der Waals surface area contributed by atoms with Crippen molar-refractivity contribution in [1.29, 1.82) is 0 Å². The van der Waals surface area contributed by atoms with Crippen molar-refractivity contribution in [3.63, 3.8) is 0 Å². The van der Waals surface area contributed by atoms with Crippen molar-refractivity contribution in [1.82, 2.24) is 0 Å². The highest BCUT2D eigenvalue weighted by molar-refractivity contribution is 5.31. The van der Waals surface area contributed by atoms with Crippen molar-refractivity contribution in [3.05, 3.63) is 6.42 Å². The maximum absolute atomic E-state index is 3.19. The highest BCUT2D eigenvalue weighted by Crippen LogP contribution is 2.35. The van der Waals surface area contributed by atoms with E-state index in [4.69, 9.17) is 0 Å². The van der Waals surface area contributed by atoms with E-state index in [0.29, 0.717) is 11.8 Å². The van der Waals surface area contributed by atoms with E-state index in [2.05, 4.69) is 18.3 Å². The van der Waals surface area contributed by atoms with Gasteiger partial charge in [0.25, 0.3) is 0 Å². The first-order chi connectivity index (χ1) is 2.95. The molecule has 0 saturated heterocycles. The molecule has 0 amide bonds. The molecule has 0 N–H and O–H groups in total. The van der Waals surface area contributed by atoms with Crippen molar-refractivity contribution in [2.45, 2.75) is 6.42 Å². The van der Waals surface area contributed by atoms with E-state index in [1.807, 2.05) is 0 Å². The van der Waals surface area contributed by atoms with Crippen molar-refractivity contribution in [2.24, 2.45) is 11.8 Å². The summed E-state index contributed by atoms with van der Waals surface area (Å²) in [5.41, 5.74) is 0. The number of rotatable bonds is 0. The van der Waals surface area contributed by atoms with Crippen molar-refractivity contribution in [3.8, 4) is 11.8 Å². The van der Waals surface area contributed by atoms with Gasteiger partial charge in [-0.3, -0.25) is 0 Å². The minimum Gasteiger partial charge on any atom is -0.0989 e. The molecule has 0 aromatic carbocycles. The van der Waals surface area contributed by atoms with E-state index < -0.39 is 0 Å². The van der Waals surface area contributed by atoms with Gasteiger partial charge >= 0.3 is 0 Å². The summed E-state index contributed by atoms with van der Waals surface area (Å²) in [6.07, 6.45) is 4.44. The SMILES string of the molecule is [C]1[C@@H]2C#C[C@H]1C2. The van der Waals surface area contributed by atoms with E-state index in [1.54, 1.807) is 0 Å². The molecule has 3 aliphatic carbocycles. The average Bonchev–Trinajstić information content (AvgIpc) is 1.72. The van der Waals surface area contributed by atoms with Crippen LogP contribution in [0, 0.1) is 30.1 Å². The molecule has 0 unspecified atom stereocenters. The monoisotopic (exact) mass is 76.0 g/mol. The Balaban J connectivity index is 2.38. The van der Waals surface area contributed by atoms with Gasteiger partial charge in [-0.1, -0.05) is 11.8 Å². The topological polar surface area (TPSA) is 0 Å². The Morgan fingerprint density at radius 1 is 1.17 bits per heavy atom. The maximum atomic E-state index is 3.19. The molecular formula is C6H4. The molecule has 3 aliphatic rings. The average molecular weight is 76.1 g/mol. The molecule has 2 atom stereocenters. The van der Waals surface area contributed by atoms with E-state index in [1.165, 1.54) is 6.42 Å². The second-order valence-corrected chi connectivity index (χ2v) is 1.80. The van der Waals surface area contributed by atoms with Gasteiger partial charge in [0.1, 0.15) is 0 Å². The van der Waals surface area contributed by atoms with Gasteiger partial charge in [0.05, 0.1) is 0 Å². The summed E-state index contributed by atoms with van der Waals surface area (Å²) in [4.78, 5) is 0. The van der Waals surface area contributed by atoms with Gasteiger partial charge in [0, 0.05) is 18.3 Å². The van der Waals surface area contributed by atoms with Gasteiger partial charge in [-0.15, -0.1) is 0 Å². The summed E-state index contributed by atoms with van der Waals surface area (Å²) < 4.78 is 0. The molecular weight excluding hydrogens is 72.1 g/mol. The Hall–Kier alpha value is -0.440. The van der Waals surface area contributed by atoms with Crippen molar-refractivity contribution >= 4 is 0 Å². The Kier molecular flexibility index (Phi) is 0.283. The molecule has 0 nitrogen and oxygen atoms in total. The molecule has 2 bridgehead atoms. The first kappa shape index (κ1) is 2.69. The van der Waals surface area contributed by atoms with Crippen LogP contribution in [0.15, 0.2) is 0 Å². The van der Waals surface area contributed by atoms with Crippen LogP contribution in [-0.4, -0.2) is 0 Å². The van der Waals surface area contributed by atoms with Gasteiger partial charge in [-0.2, -0.15) is 0 Å². The summed E-state index contributed by atoms with van der Waals surface area (Å²) in [5, 5.41) is 0. The highest BCUT2D eigenvalue weighted by atomic mass is 14.3. The second-order valence-electron chi connectivity index (χ2n) is 1.80. The minimum atomic E-state index is 0.579. The van der Waals surface area contributed by atoms with Crippen molar-refractivity contribution in [2.75, 3.05) is 0 Å². The van der Waals surface area contributed by atoms with Crippen LogP contribution in [0.25, 0.3) is 0 Å². The molecule has 0 spiro atoms. The normalized spacial score (nSPS) is 46.7. The largest absolute Gasteiger partial charge is 0.0989 e. The third-order valence-electron chi connectivity index (χ3n) is 1.31. The van der Waals surface area contributed by atoms with Gasteiger partial charge in [0.2, 0.25) is 0 Å². The van der Waals surface area contributed by atoms with Crippen LogP contribution >= 0.6 is 0 Å². The third-order valence-corrected chi connectivity index (χ3v) is 1.31. The summed E-state index contributed by atoms with van der Waals surface area (Å²) in [5.74, 6) is 7.22. The van der Waals surface area contributed by atoms with Gasteiger partial charge in [-0.25, -0.2) is 0 Å². The van der Waals surface area contributed by atoms with Crippen LogP contribution in [0.2, 0.25) is 0 Å². The molecule has 0 aromatic heterocycles. The molecule has 0 aliphatic heterocycles. The predicted molar refractivity (Wildman–Crippen MR) is 22.6 cm³/mol. The highest BCUT2D eigenvalue weighted by Gasteiger charge is 2.31. The predicted octanol–water partition coefficient (Wildman–Crippen LogP) is 0.721. The number of hydrogen-bond acceptors (Lipinski definition) is 0. The van der Waals surface area contributed by atoms with Crippen LogP contribution in [0.5, 0.6) is 0 Å². The number of hydrogen-bond donors (Lipinski definition) is 0. The van der Waals surface area contributed by atoms with Gasteiger partial charge in [0.15, 0.2) is 0 Å². The quantitative estimate of drug-likeness (QED) is 0.373. The lowest BCUT2D eigenvalue weighted by molar-refractivity contribution is 0.475. The zero-order valence-electron chi connectivity index (χ0n) is 3.36. The molecule has 2 radical (unpaired) electrons. The summed E-state index contributed by atoms with van der Waals surface area (Å²) in [7, 11) is 0. The lowest BCUT2D eigenvalue weighted by Gasteiger charge is -2.18. The van der Waals surface area contributed by atoms with Crippen LogP contribution in [0.3, 0.4) is 0 Å². The molecule has 1 saturated carbocycles. The van der Waals surface area contributed by atoms with E-state index >= 15 is 0 Å². The fraction of sp³-hybridized carbons (Fsp3) is 0.500. The van der Waals surface area contributed by atoms with Crippen LogP contribution in [0.1, 0.15) is 6.42 Å². The molecule has 0 heteroatoms. The first-order valence-corrected chi connectivity index (χ1v) is 2.22. The first-order valence-electron chi connectivity index (χ1n) is 2.22. The lowest BCUT2D eigenvalue weighted by atomic mass is 9.82.